The van der Waals surface area contributed by atoms with Gasteiger partial charge in [-0.25, -0.2) is 0 Å². The molecule has 28 heavy (non-hydrogen) atoms. The molecule has 0 atom stereocenters. The minimum Gasteiger partial charge on any atom is -0.493 e. The number of aromatic amines is 1. The molecule has 4 rings (SSSR count). The maximum Gasteiger partial charge on any atom is 0.416 e. The van der Waals surface area contributed by atoms with Gasteiger partial charge in [0.15, 0.2) is 0 Å². The van der Waals surface area contributed by atoms with E-state index < -0.39 is 11.7 Å². The Bertz CT molecular complexity index is 1070. The first-order valence-corrected chi connectivity index (χ1v) is 8.69. The molecule has 1 amide bonds. The largest absolute Gasteiger partial charge is 0.493 e. The van der Waals surface area contributed by atoms with Crippen molar-refractivity contribution in [3.63, 3.8) is 0 Å². The molecule has 0 saturated carbocycles. The third-order valence-electron chi connectivity index (χ3n) is 4.55. The lowest BCUT2D eigenvalue weighted by atomic mass is 9.99. The second-order valence-corrected chi connectivity index (χ2v) is 6.44. The summed E-state index contributed by atoms with van der Waals surface area (Å²) in [6.45, 7) is 0.294. The Hall–Kier alpha value is -3.29. The zero-order valence-electron chi connectivity index (χ0n) is 14.6. The van der Waals surface area contributed by atoms with Crippen molar-refractivity contribution in [1.29, 1.82) is 0 Å². The van der Waals surface area contributed by atoms with Crippen molar-refractivity contribution in [1.82, 2.24) is 9.97 Å². The molecule has 1 aliphatic heterocycles. The number of ether oxygens (including phenoxy) is 1. The molecule has 2 aromatic heterocycles. The van der Waals surface area contributed by atoms with E-state index in [0.29, 0.717) is 36.3 Å². The number of anilines is 1. The number of nitrogens with one attached hydrogen (secondary N) is 2. The van der Waals surface area contributed by atoms with Crippen LogP contribution in [0.5, 0.6) is 5.75 Å². The number of carbonyl (C=O) groups is 1. The van der Waals surface area contributed by atoms with Gasteiger partial charge in [0.05, 0.1) is 29.6 Å². The second-order valence-electron chi connectivity index (χ2n) is 6.44. The molecule has 3 heterocycles. The summed E-state index contributed by atoms with van der Waals surface area (Å²) in [4.78, 5) is 19.6. The predicted octanol–water partition coefficient (Wildman–Crippen LogP) is 4.78. The number of pyridine rings is 1. The molecule has 0 saturated heterocycles. The van der Waals surface area contributed by atoms with Crippen LogP contribution < -0.4 is 10.1 Å². The van der Waals surface area contributed by atoms with E-state index in [-0.39, 0.29) is 11.7 Å². The highest BCUT2D eigenvalue weighted by Gasteiger charge is 2.32. The molecule has 1 aromatic carbocycles. The minimum absolute atomic E-state index is 0.143. The second kappa shape index (κ2) is 7.03. The van der Waals surface area contributed by atoms with Crippen molar-refractivity contribution in [3.05, 3.63) is 60.1 Å². The average molecular weight is 387 g/mol. The van der Waals surface area contributed by atoms with Crippen LogP contribution in [0.25, 0.3) is 16.5 Å². The number of alkyl halides is 3. The van der Waals surface area contributed by atoms with E-state index in [9.17, 15) is 18.0 Å². The van der Waals surface area contributed by atoms with E-state index in [4.69, 9.17) is 4.74 Å². The summed E-state index contributed by atoms with van der Waals surface area (Å²) in [6.07, 6.45) is 3.05. The van der Waals surface area contributed by atoms with Gasteiger partial charge in [0.2, 0.25) is 5.91 Å². The van der Waals surface area contributed by atoms with Gasteiger partial charge in [0.25, 0.3) is 0 Å². The van der Waals surface area contributed by atoms with Crippen molar-refractivity contribution in [3.8, 4) is 5.75 Å². The van der Waals surface area contributed by atoms with E-state index in [1.54, 1.807) is 24.7 Å². The van der Waals surface area contributed by atoms with Crippen molar-refractivity contribution in [2.75, 3.05) is 11.9 Å². The summed E-state index contributed by atoms with van der Waals surface area (Å²) < 4.78 is 44.4. The normalized spacial score (nSPS) is 15.8. The van der Waals surface area contributed by atoms with Crippen LogP contribution in [0, 0.1) is 0 Å². The highest BCUT2D eigenvalue weighted by molar-refractivity contribution is 6.08. The number of benzene rings is 1. The number of allylic oxidation sites excluding steroid dienone is 1. The fraction of sp³-hybridized carbons (Fsp3) is 0.200. The highest BCUT2D eigenvalue weighted by Crippen LogP contribution is 2.38. The number of nitrogens with zero attached hydrogens (tertiary/aromatic N) is 1. The SMILES string of the molecule is O=C(/C=C1\CCCOc2cc(C(F)(F)F)ccc21)Nc1c[nH]c2cnccc12. The quantitative estimate of drug-likeness (QED) is 0.622. The summed E-state index contributed by atoms with van der Waals surface area (Å²) in [7, 11) is 0. The number of hydrogen-bond donors (Lipinski definition) is 2. The van der Waals surface area contributed by atoms with Crippen molar-refractivity contribution < 1.29 is 22.7 Å². The van der Waals surface area contributed by atoms with Crippen molar-refractivity contribution >= 4 is 28.1 Å². The lowest BCUT2D eigenvalue weighted by Gasteiger charge is -2.13. The Balaban J connectivity index is 1.63. The van der Waals surface area contributed by atoms with Gasteiger partial charge < -0.3 is 15.0 Å². The van der Waals surface area contributed by atoms with Crippen LogP contribution in [0.4, 0.5) is 18.9 Å². The van der Waals surface area contributed by atoms with Gasteiger partial charge in [-0.1, -0.05) is 6.07 Å². The Morgan fingerprint density at radius 2 is 2.14 bits per heavy atom. The zero-order valence-corrected chi connectivity index (χ0v) is 14.6. The molecule has 0 radical (unpaired) electrons. The van der Waals surface area contributed by atoms with Crippen LogP contribution >= 0.6 is 0 Å². The molecule has 3 aromatic rings. The number of halogens is 3. The number of aromatic nitrogens is 2. The summed E-state index contributed by atoms with van der Waals surface area (Å²) in [5.74, 6) is -0.218. The Kier molecular flexibility index (Phi) is 4.54. The lowest BCUT2D eigenvalue weighted by Crippen LogP contribution is -2.09. The third-order valence-corrected chi connectivity index (χ3v) is 4.55. The maximum absolute atomic E-state index is 13.0. The third kappa shape index (κ3) is 3.58. The van der Waals surface area contributed by atoms with E-state index in [1.165, 1.54) is 12.1 Å². The van der Waals surface area contributed by atoms with Crippen molar-refractivity contribution in [2.45, 2.75) is 19.0 Å². The molecule has 1 aliphatic rings. The van der Waals surface area contributed by atoms with Crippen LogP contribution in [-0.2, 0) is 11.0 Å². The smallest absolute Gasteiger partial charge is 0.416 e. The number of rotatable bonds is 2. The number of fused-ring (bicyclic) bond motifs is 2. The molecule has 144 valence electrons. The van der Waals surface area contributed by atoms with E-state index >= 15 is 0 Å². The summed E-state index contributed by atoms with van der Waals surface area (Å²) >= 11 is 0. The van der Waals surface area contributed by atoms with Gasteiger partial charge in [-0.3, -0.25) is 9.78 Å². The first-order valence-electron chi connectivity index (χ1n) is 8.69. The maximum atomic E-state index is 13.0. The van der Waals surface area contributed by atoms with Gasteiger partial charge in [-0.2, -0.15) is 13.2 Å². The van der Waals surface area contributed by atoms with Crippen molar-refractivity contribution in [2.24, 2.45) is 0 Å². The minimum atomic E-state index is -4.45. The van der Waals surface area contributed by atoms with Gasteiger partial charge in [0, 0.05) is 29.4 Å². The van der Waals surface area contributed by atoms with Crippen LogP contribution in [0.15, 0.2) is 48.9 Å². The topological polar surface area (TPSA) is 67.0 Å². The van der Waals surface area contributed by atoms with E-state index in [1.807, 2.05) is 0 Å². The zero-order chi connectivity index (χ0) is 19.7. The molecule has 2 N–H and O–H groups in total. The van der Waals surface area contributed by atoms with Gasteiger partial charge in [-0.05, 0) is 36.6 Å². The summed E-state index contributed by atoms with van der Waals surface area (Å²) in [5, 5.41) is 3.62. The number of hydrogen-bond acceptors (Lipinski definition) is 3. The molecule has 0 aliphatic carbocycles. The molecular weight excluding hydrogens is 371 g/mol. The summed E-state index contributed by atoms with van der Waals surface area (Å²) in [6, 6.07) is 5.13. The van der Waals surface area contributed by atoms with E-state index in [2.05, 4.69) is 15.3 Å². The molecule has 8 heteroatoms. The number of amides is 1. The summed E-state index contributed by atoms with van der Waals surface area (Å²) in [5.41, 5.74) is 1.77. The molecule has 0 unspecified atom stereocenters. The molecule has 0 spiro atoms. The van der Waals surface area contributed by atoms with Crippen LogP contribution in [0.1, 0.15) is 24.0 Å². The number of carbonyl (C=O) groups excluding carboxylic acids is 1. The average Bonchev–Trinajstić information content (AvgIpc) is 2.95. The van der Waals surface area contributed by atoms with Gasteiger partial charge in [0.1, 0.15) is 5.75 Å². The Morgan fingerprint density at radius 1 is 1.29 bits per heavy atom. The van der Waals surface area contributed by atoms with Gasteiger partial charge >= 0.3 is 6.18 Å². The fourth-order valence-corrected chi connectivity index (χ4v) is 3.22. The Morgan fingerprint density at radius 3 is 2.96 bits per heavy atom. The highest BCUT2D eigenvalue weighted by atomic mass is 19.4. The first-order chi connectivity index (χ1) is 13.4. The predicted molar refractivity (Wildman–Crippen MR) is 98.9 cm³/mol. The Labute approximate surface area is 158 Å². The van der Waals surface area contributed by atoms with Gasteiger partial charge in [-0.15, -0.1) is 0 Å². The molecule has 0 fully saturated rings. The number of H-pyrrole nitrogens is 1. The van der Waals surface area contributed by atoms with Crippen LogP contribution in [0.2, 0.25) is 0 Å². The standard InChI is InChI=1S/C20H16F3N3O2/c21-20(22,23)13-3-4-14-12(2-1-7-28-18(14)9-13)8-19(27)26-17-11-25-16-10-24-6-5-15(16)17/h3-6,8-11,25H,1-2,7H2,(H,26,27)/b12-8+. The lowest BCUT2D eigenvalue weighted by molar-refractivity contribution is -0.137. The first kappa shape index (κ1) is 18.1. The fourth-order valence-electron chi connectivity index (χ4n) is 3.22. The van der Waals surface area contributed by atoms with E-state index in [0.717, 1.165) is 23.0 Å². The molecule has 0 bridgehead atoms. The molecule has 5 nitrogen and oxygen atoms in total. The monoisotopic (exact) mass is 387 g/mol. The van der Waals surface area contributed by atoms with Crippen LogP contribution in [0.3, 0.4) is 0 Å². The van der Waals surface area contributed by atoms with Crippen LogP contribution in [-0.4, -0.2) is 22.5 Å². The molecular formula is C20H16F3N3O2.